The summed E-state index contributed by atoms with van der Waals surface area (Å²) in [5, 5.41) is 4.08. The number of rotatable bonds is 4. The molecular weight excluding hydrogens is 214 g/mol. The summed E-state index contributed by atoms with van der Waals surface area (Å²) in [7, 11) is -3.43. The monoisotopic (exact) mass is 231 g/mol. The van der Waals surface area contributed by atoms with Crippen molar-refractivity contribution in [1.82, 2.24) is 9.78 Å². The number of nitrogens with two attached hydrogens (primary N) is 1. The quantitative estimate of drug-likeness (QED) is 0.814. The molecule has 0 spiro atoms. The fourth-order valence-electron chi connectivity index (χ4n) is 1.06. The van der Waals surface area contributed by atoms with Gasteiger partial charge in [-0.3, -0.25) is 4.68 Å². The van der Waals surface area contributed by atoms with Crippen LogP contribution in [0.25, 0.3) is 0 Å². The Morgan fingerprint density at radius 2 is 2.13 bits per heavy atom. The number of sulfone groups is 1. The van der Waals surface area contributed by atoms with Gasteiger partial charge >= 0.3 is 0 Å². The van der Waals surface area contributed by atoms with Crippen LogP contribution in [-0.2, 0) is 16.4 Å². The minimum atomic E-state index is -3.43. The van der Waals surface area contributed by atoms with Gasteiger partial charge in [0.15, 0.2) is 5.03 Å². The van der Waals surface area contributed by atoms with E-state index in [1.54, 1.807) is 24.7 Å². The van der Waals surface area contributed by atoms with Crippen molar-refractivity contribution < 1.29 is 8.42 Å². The van der Waals surface area contributed by atoms with Gasteiger partial charge in [0.25, 0.3) is 0 Å². The van der Waals surface area contributed by atoms with Crippen LogP contribution in [0.1, 0.15) is 20.8 Å². The van der Waals surface area contributed by atoms with Gasteiger partial charge in [0.05, 0.1) is 4.75 Å². The second-order valence-electron chi connectivity index (χ2n) is 3.98. The van der Waals surface area contributed by atoms with E-state index in [-0.39, 0.29) is 11.6 Å². The third kappa shape index (κ3) is 2.05. The molecule has 2 N–H and O–H groups in total. The van der Waals surface area contributed by atoms with Crippen LogP contribution in [0.3, 0.4) is 0 Å². The van der Waals surface area contributed by atoms with Crippen LogP contribution in [-0.4, -0.2) is 29.5 Å². The van der Waals surface area contributed by atoms with E-state index in [9.17, 15) is 8.42 Å². The van der Waals surface area contributed by atoms with E-state index in [4.69, 9.17) is 5.73 Å². The van der Waals surface area contributed by atoms with Gasteiger partial charge in [-0.1, -0.05) is 0 Å². The third-order valence-electron chi connectivity index (χ3n) is 2.43. The number of hydrogen-bond acceptors (Lipinski definition) is 4. The second-order valence-corrected chi connectivity index (χ2v) is 6.51. The summed E-state index contributed by atoms with van der Waals surface area (Å²) in [4.78, 5) is 0. The normalized spacial score (nSPS) is 13.1. The molecule has 0 radical (unpaired) electrons. The molecule has 0 aliphatic rings. The molecule has 0 bridgehead atoms. The number of nitrogens with zero attached hydrogens (tertiary/aromatic N) is 2. The standard InChI is InChI=1S/C9H17N3O2S/c1-4-12-6-5-8(11-12)15(13,14)9(2,3)7-10/h5-6H,4,7,10H2,1-3H3. The van der Waals surface area contributed by atoms with Crippen LogP contribution in [0.15, 0.2) is 17.3 Å². The first kappa shape index (κ1) is 12.2. The summed E-state index contributed by atoms with van der Waals surface area (Å²) in [6.07, 6.45) is 1.65. The average molecular weight is 231 g/mol. The van der Waals surface area contributed by atoms with E-state index in [1.807, 2.05) is 6.92 Å². The molecule has 0 aromatic carbocycles. The molecule has 0 amide bonds. The molecule has 86 valence electrons. The molecule has 15 heavy (non-hydrogen) atoms. The Bertz CT molecular complexity index is 434. The molecule has 0 saturated heterocycles. The van der Waals surface area contributed by atoms with E-state index in [2.05, 4.69) is 5.10 Å². The number of hydrogen-bond donors (Lipinski definition) is 1. The van der Waals surface area contributed by atoms with Gasteiger partial charge in [0, 0.05) is 19.3 Å². The van der Waals surface area contributed by atoms with Crippen LogP contribution in [0, 0.1) is 0 Å². The molecule has 1 rings (SSSR count). The Morgan fingerprint density at radius 1 is 1.53 bits per heavy atom. The van der Waals surface area contributed by atoms with Crippen LogP contribution in [0.5, 0.6) is 0 Å². The summed E-state index contributed by atoms with van der Waals surface area (Å²) in [6, 6.07) is 1.51. The summed E-state index contributed by atoms with van der Waals surface area (Å²) >= 11 is 0. The maximum atomic E-state index is 12.1. The van der Waals surface area contributed by atoms with Gasteiger partial charge in [0.2, 0.25) is 9.84 Å². The first-order valence-electron chi connectivity index (χ1n) is 4.83. The Balaban J connectivity index is 3.17. The van der Waals surface area contributed by atoms with E-state index in [0.717, 1.165) is 0 Å². The lowest BCUT2D eigenvalue weighted by molar-refractivity contribution is 0.539. The minimum absolute atomic E-state index is 0.0777. The Kier molecular flexibility index (Phi) is 3.20. The van der Waals surface area contributed by atoms with Crippen molar-refractivity contribution in [2.45, 2.75) is 37.1 Å². The van der Waals surface area contributed by atoms with Crippen molar-refractivity contribution >= 4 is 9.84 Å². The smallest absolute Gasteiger partial charge is 0.203 e. The molecule has 1 heterocycles. The molecule has 6 heteroatoms. The second kappa shape index (κ2) is 3.94. The first-order valence-corrected chi connectivity index (χ1v) is 6.31. The average Bonchev–Trinajstić information content (AvgIpc) is 2.66. The van der Waals surface area contributed by atoms with Crippen molar-refractivity contribution in [2.75, 3.05) is 6.54 Å². The largest absolute Gasteiger partial charge is 0.329 e. The maximum absolute atomic E-state index is 12.1. The highest BCUT2D eigenvalue weighted by Gasteiger charge is 2.36. The van der Waals surface area contributed by atoms with Gasteiger partial charge in [0.1, 0.15) is 0 Å². The lowest BCUT2D eigenvalue weighted by atomic mass is 10.2. The highest BCUT2D eigenvalue weighted by atomic mass is 32.2. The zero-order chi connectivity index (χ0) is 11.7. The lowest BCUT2D eigenvalue weighted by Crippen LogP contribution is -2.39. The van der Waals surface area contributed by atoms with Crippen molar-refractivity contribution in [3.63, 3.8) is 0 Å². The highest BCUT2D eigenvalue weighted by molar-refractivity contribution is 7.92. The molecule has 0 saturated carbocycles. The highest BCUT2D eigenvalue weighted by Crippen LogP contribution is 2.22. The Morgan fingerprint density at radius 3 is 2.53 bits per heavy atom. The van der Waals surface area contributed by atoms with E-state index < -0.39 is 14.6 Å². The summed E-state index contributed by atoms with van der Waals surface area (Å²) in [5.41, 5.74) is 5.46. The van der Waals surface area contributed by atoms with E-state index >= 15 is 0 Å². The van der Waals surface area contributed by atoms with Gasteiger partial charge in [-0.15, -0.1) is 0 Å². The van der Waals surface area contributed by atoms with E-state index in [1.165, 1.54) is 6.07 Å². The van der Waals surface area contributed by atoms with Gasteiger partial charge in [-0.05, 0) is 26.8 Å². The molecule has 5 nitrogen and oxygen atoms in total. The number of aryl methyl sites for hydroxylation is 1. The van der Waals surface area contributed by atoms with E-state index in [0.29, 0.717) is 6.54 Å². The fraction of sp³-hybridized carbons (Fsp3) is 0.667. The molecule has 0 fully saturated rings. The maximum Gasteiger partial charge on any atom is 0.203 e. The first-order chi connectivity index (χ1) is 6.85. The fourth-order valence-corrected chi connectivity index (χ4v) is 2.29. The predicted octanol–water partition coefficient (Wildman–Crippen LogP) is 0.414. The summed E-state index contributed by atoms with van der Waals surface area (Å²) in [5.74, 6) is 0. The van der Waals surface area contributed by atoms with Gasteiger partial charge in [-0.25, -0.2) is 8.42 Å². The third-order valence-corrected chi connectivity index (χ3v) is 4.82. The predicted molar refractivity (Wildman–Crippen MR) is 58.2 cm³/mol. The summed E-state index contributed by atoms with van der Waals surface area (Å²) in [6.45, 7) is 5.84. The topological polar surface area (TPSA) is 78.0 Å². The lowest BCUT2D eigenvalue weighted by Gasteiger charge is -2.20. The zero-order valence-electron chi connectivity index (χ0n) is 9.27. The minimum Gasteiger partial charge on any atom is -0.329 e. The molecule has 0 aliphatic carbocycles. The Hall–Kier alpha value is -0.880. The number of aromatic nitrogens is 2. The van der Waals surface area contributed by atoms with Crippen LogP contribution in [0.2, 0.25) is 0 Å². The van der Waals surface area contributed by atoms with Crippen LogP contribution >= 0.6 is 0 Å². The molecule has 1 aromatic heterocycles. The Labute approximate surface area is 90.2 Å². The van der Waals surface area contributed by atoms with Crippen LogP contribution in [0.4, 0.5) is 0 Å². The van der Waals surface area contributed by atoms with Gasteiger partial charge in [-0.2, -0.15) is 5.10 Å². The van der Waals surface area contributed by atoms with Crippen molar-refractivity contribution in [3.05, 3.63) is 12.3 Å². The van der Waals surface area contributed by atoms with Crippen LogP contribution < -0.4 is 5.73 Å². The molecule has 1 aromatic rings. The van der Waals surface area contributed by atoms with Gasteiger partial charge < -0.3 is 5.73 Å². The van der Waals surface area contributed by atoms with Crippen molar-refractivity contribution in [3.8, 4) is 0 Å². The zero-order valence-corrected chi connectivity index (χ0v) is 10.1. The molecule has 0 unspecified atom stereocenters. The SMILES string of the molecule is CCn1ccc(S(=O)(=O)C(C)(C)CN)n1. The molecule has 0 aliphatic heterocycles. The van der Waals surface area contributed by atoms with Crippen molar-refractivity contribution in [1.29, 1.82) is 0 Å². The summed E-state index contributed by atoms with van der Waals surface area (Å²) < 4.78 is 24.7. The molecule has 0 atom stereocenters. The van der Waals surface area contributed by atoms with Crippen molar-refractivity contribution in [2.24, 2.45) is 5.73 Å². The molecular formula is C9H17N3O2S.